The predicted octanol–water partition coefficient (Wildman–Crippen LogP) is 5.92. The molecule has 4 rings (SSSR count). The number of aromatic nitrogens is 1. The summed E-state index contributed by atoms with van der Waals surface area (Å²) in [4.78, 5) is 14.7. The van der Waals surface area contributed by atoms with Crippen molar-refractivity contribution in [2.75, 3.05) is 38.1 Å². The number of hydrogen-bond donors (Lipinski definition) is 0. The quantitative estimate of drug-likeness (QED) is 0.470. The van der Waals surface area contributed by atoms with Gasteiger partial charge in [-0.1, -0.05) is 36.7 Å². The largest absolute Gasteiger partial charge is 0.324 e. The van der Waals surface area contributed by atoms with E-state index in [0.717, 1.165) is 36.4 Å². The maximum Gasteiger partial charge on any atom is 0.147 e. The second-order valence-corrected chi connectivity index (χ2v) is 10.1. The summed E-state index contributed by atoms with van der Waals surface area (Å²) in [5.74, 6) is 1.07. The number of halogens is 1. The minimum Gasteiger partial charge on any atom is -0.324 e. The first kappa shape index (κ1) is 21.9. The third-order valence-electron chi connectivity index (χ3n) is 6.55. The Kier molecular flexibility index (Phi) is 7.24. The minimum absolute atomic E-state index is 0.709. The first-order valence-corrected chi connectivity index (χ1v) is 12.4. The summed E-state index contributed by atoms with van der Waals surface area (Å²) in [5.41, 5.74) is 1.19. The van der Waals surface area contributed by atoms with Gasteiger partial charge >= 0.3 is 0 Å². The molecule has 2 aliphatic rings. The Labute approximate surface area is 190 Å². The summed E-state index contributed by atoms with van der Waals surface area (Å²) in [7, 11) is 2.26. The molecule has 0 N–H and O–H groups in total. The number of unbranched alkanes of at least 4 members (excludes halogenated alkanes) is 2. The number of pyridine rings is 1. The van der Waals surface area contributed by atoms with Crippen LogP contribution in [0.3, 0.4) is 0 Å². The van der Waals surface area contributed by atoms with E-state index in [1.165, 1.54) is 47.8 Å². The lowest BCUT2D eigenvalue weighted by Crippen LogP contribution is -2.37. The molecule has 0 radical (unpaired) electrons. The number of anilines is 2. The number of likely N-dealkylation sites (N-methyl/N-ethyl adjacent to an activating group) is 2. The van der Waals surface area contributed by atoms with E-state index < -0.39 is 0 Å². The van der Waals surface area contributed by atoms with Crippen molar-refractivity contribution in [3.63, 3.8) is 0 Å². The molecule has 1 saturated heterocycles. The van der Waals surface area contributed by atoms with E-state index in [9.17, 15) is 0 Å². The van der Waals surface area contributed by atoms with Crippen LogP contribution in [-0.4, -0.2) is 60.1 Å². The van der Waals surface area contributed by atoms with Crippen molar-refractivity contribution < 1.29 is 0 Å². The fraction of sp³-hybridized carbons (Fsp3) is 0.542. The van der Waals surface area contributed by atoms with E-state index >= 15 is 0 Å². The number of nitrogens with zero attached hydrogens (tertiary/aromatic N) is 4. The molecule has 1 fully saturated rings. The number of likely N-dealkylation sites (tertiary alicyclic amines) is 1. The van der Waals surface area contributed by atoms with Crippen molar-refractivity contribution in [3.05, 3.63) is 41.6 Å². The van der Waals surface area contributed by atoms with Crippen molar-refractivity contribution >= 4 is 34.9 Å². The van der Waals surface area contributed by atoms with Gasteiger partial charge in [-0.2, -0.15) is 0 Å². The highest BCUT2D eigenvalue weighted by molar-refractivity contribution is 7.99. The lowest BCUT2D eigenvalue weighted by molar-refractivity contribution is 0.203. The third kappa shape index (κ3) is 4.80. The molecule has 1 aromatic carbocycles. The van der Waals surface area contributed by atoms with Crippen molar-refractivity contribution in [2.45, 2.75) is 61.4 Å². The Morgan fingerprint density at radius 1 is 1.20 bits per heavy atom. The average molecular weight is 445 g/mol. The molecule has 0 spiro atoms. The summed E-state index contributed by atoms with van der Waals surface area (Å²) < 4.78 is 0. The predicted molar refractivity (Wildman–Crippen MR) is 128 cm³/mol. The second-order valence-electron chi connectivity index (χ2n) is 8.56. The van der Waals surface area contributed by atoms with E-state index in [2.05, 4.69) is 58.8 Å². The van der Waals surface area contributed by atoms with Crippen LogP contribution in [0, 0.1) is 0 Å². The van der Waals surface area contributed by atoms with Crippen LogP contribution in [0.25, 0.3) is 0 Å². The highest BCUT2D eigenvalue weighted by atomic mass is 35.5. The fourth-order valence-corrected chi connectivity index (χ4v) is 5.91. The zero-order valence-corrected chi connectivity index (χ0v) is 19.9. The Bertz CT molecular complexity index is 851. The molecule has 0 amide bonds. The van der Waals surface area contributed by atoms with Gasteiger partial charge in [-0.15, -0.1) is 0 Å². The first-order valence-electron chi connectivity index (χ1n) is 11.2. The molecule has 2 atom stereocenters. The van der Waals surface area contributed by atoms with Gasteiger partial charge in [0.1, 0.15) is 5.82 Å². The van der Waals surface area contributed by atoms with Gasteiger partial charge in [0.15, 0.2) is 0 Å². The number of hydrogen-bond acceptors (Lipinski definition) is 5. The molecule has 0 aliphatic carbocycles. The smallest absolute Gasteiger partial charge is 0.147 e. The van der Waals surface area contributed by atoms with E-state index in [1.807, 2.05) is 18.3 Å². The molecule has 1 aromatic heterocycles. The Balaban J connectivity index is 1.34. The van der Waals surface area contributed by atoms with Crippen molar-refractivity contribution in [1.29, 1.82) is 0 Å². The van der Waals surface area contributed by atoms with Crippen LogP contribution >= 0.6 is 23.4 Å². The van der Waals surface area contributed by atoms with Gasteiger partial charge in [-0.25, -0.2) is 4.98 Å². The summed E-state index contributed by atoms with van der Waals surface area (Å²) in [6, 6.07) is 11.8. The van der Waals surface area contributed by atoms with Crippen molar-refractivity contribution in [2.24, 2.45) is 0 Å². The highest BCUT2D eigenvalue weighted by Crippen LogP contribution is 2.47. The molecular formula is C24H33ClN4S. The van der Waals surface area contributed by atoms with E-state index in [0.29, 0.717) is 6.04 Å². The van der Waals surface area contributed by atoms with Crippen molar-refractivity contribution in [1.82, 2.24) is 14.8 Å². The molecular weight excluding hydrogens is 412 g/mol. The van der Waals surface area contributed by atoms with Crippen LogP contribution in [0.2, 0.25) is 5.02 Å². The minimum atomic E-state index is 0.709. The lowest BCUT2D eigenvalue weighted by atomic mass is 10.1. The van der Waals surface area contributed by atoms with Crippen LogP contribution in [0.1, 0.15) is 39.5 Å². The zero-order valence-electron chi connectivity index (χ0n) is 18.4. The van der Waals surface area contributed by atoms with Crippen LogP contribution in [0.15, 0.2) is 46.3 Å². The number of fused-ring (bicyclic) bond motifs is 2. The summed E-state index contributed by atoms with van der Waals surface area (Å²) in [6.45, 7) is 9.19. The molecule has 0 bridgehead atoms. The normalized spacial score (nSPS) is 21.2. The molecule has 2 aliphatic heterocycles. The van der Waals surface area contributed by atoms with E-state index in [-0.39, 0.29) is 0 Å². The van der Waals surface area contributed by atoms with Gasteiger partial charge in [-0.3, -0.25) is 4.90 Å². The van der Waals surface area contributed by atoms with Crippen molar-refractivity contribution in [3.8, 4) is 0 Å². The standard InChI is InChI=1S/C24H33ClN4S/c1-4-28(20-15-18(2)27(3)17-20)13-6-5-7-14-29-21-16-19(25)10-11-22(21)30-23-9-8-12-26-24(23)29/h8-12,16,18,20H,4-7,13-15,17H2,1-3H3. The Morgan fingerprint density at radius 3 is 2.83 bits per heavy atom. The SMILES string of the molecule is CCN(CCCCCN1c2cc(Cl)ccc2Sc2cccnc21)C1CC(C)N(C)C1. The topological polar surface area (TPSA) is 22.6 Å². The maximum atomic E-state index is 6.32. The van der Waals surface area contributed by atoms with Gasteiger partial charge in [0.25, 0.3) is 0 Å². The summed E-state index contributed by atoms with van der Waals surface area (Å²) in [6.07, 6.45) is 6.83. The second kappa shape index (κ2) is 9.90. The molecule has 0 saturated carbocycles. The van der Waals surface area contributed by atoms with Gasteiger partial charge < -0.3 is 9.80 Å². The lowest BCUT2D eigenvalue weighted by Gasteiger charge is -2.32. The Hall–Kier alpha value is -1.27. The fourth-order valence-electron chi connectivity index (χ4n) is 4.70. The van der Waals surface area contributed by atoms with Gasteiger partial charge in [0, 0.05) is 41.3 Å². The summed E-state index contributed by atoms with van der Waals surface area (Å²) >= 11 is 8.11. The molecule has 2 aromatic rings. The van der Waals surface area contributed by atoms with Crippen LogP contribution in [0.4, 0.5) is 11.5 Å². The molecule has 162 valence electrons. The van der Waals surface area contributed by atoms with Crippen LogP contribution in [0.5, 0.6) is 0 Å². The number of rotatable bonds is 8. The molecule has 6 heteroatoms. The van der Waals surface area contributed by atoms with Gasteiger partial charge in [0.2, 0.25) is 0 Å². The molecule has 3 heterocycles. The van der Waals surface area contributed by atoms with Gasteiger partial charge in [-0.05, 0) is 76.7 Å². The number of benzene rings is 1. The van der Waals surface area contributed by atoms with E-state index in [4.69, 9.17) is 11.6 Å². The molecule has 2 unspecified atom stereocenters. The first-order chi connectivity index (χ1) is 14.6. The highest BCUT2D eigenvalue weighted by Gasteiger charge is 2.29. The average Bonchev–Trinajstić information content (AvgIpc) is 3.08. The molecule has 4 nitrogen and oxygen atoms in total. The maximum absolute atomic E-state index is 6.32. The summed E-state index contributed by atoms with van der Waals surface area (Å²) in [5, 5.41) is 0.785. The van der Waals surface area contributed by atoms with Gasteiger partial charge in [0.05, 0.1) is 10.6 Å². The zero-order chi connectivity index (χ0) is 21.1. The monoisotopic (exact) mass is 444 g/mol. The molecule has 30 heavy (non-hydrogen) atoms. The Morgan fingerprint density at radius 2 is 2.07 bits per heavy atom. The van der Waals surface area contributed by atoms with E-state index in [1.54, 1.807) is 11.8 Å². The third-order valence-corrected chi connectivity index (χ3v) is 7.89. The van der Waals surface area contributed by atoms with Crippen LogP contribution in [-0.2, 0) is 0 Å². The van der Waals surface area contributed by atoms with Crippen LogP contribution < -0.4 is 4.90 Å².